The molecule has 3 amide bonds. The first-order valence-corrected chi connectivity index (χ1v) is 8.55. The molecule has 27 heavy (non-hydrogen) atoms. The van der Waals surface area contributed by atoms with Gasteiger partial charge in [-0.15, -0.1) is 5.01 Å². The van der Waals surface area contributed by atoms with Crippen molar-refractivity contribution in [1.29, 1.82) is 0 Å². The molecular weight excluding hydrogens is 393 g/mol. The zero-order valence-electron chi connectivity index (χ0n) is 14.4. The molecule has 0 unspecified atom stereocenters. The van der Waals surface area contributed by atoms with E-state index in [9.17, 15) is 14.7 Å². The van der Waals surface area contributed by atoms with Crippen molar-refractivity contribution in [3.63, 3.8) is 0 Å². The Labute approximate surface area is 165 Å². The normalized spacial score (nSPS) is 19.6. The topological polar surface area (TPSA) is 91.2 Å². The molecule has 1 aliphatic rings. The minimum Gasteiger partial charge on any atom is -0.506 e. The van der Waals surface area contributed by atoms with Gasteiger partial charge in [-0.05, 0) is 36.8 Å². The first kappa shape index (κ1) is 19.0. The van der Waals surface area contributed by atoms with E-state index in [0.717, 1.165) is 6.21 Å². The van der Waals surface area contributed by atoms with Gasteiger partial charge in [0.15, 0.2) is 0 Å². The number of nitrogens with one attached hydrogen (secondary N) is 1. The van der Waals surface area contributed by atoms with Gasteiger partial charge in [0.05, 0.1) is 18.3 Å². The molecule has 1 heterocycles. The molecule has 0 spiro atoms. The third-order valence-corrected chi connectivity index (χ3v) is 4.71. The maximum absolute atomic E-state index is 12.8. The maximum atomic E-state index is 12.8. The molecule has 0 aliphatic carbocycles. The number of halogens is 2. The Hall–Kier alpha value is -2.77. The number of rotatable bonds is 4. The van der Waals surface area contributed by atoms with Crippen LogP contribution in [0.4, 0.5) is 4.79 Å². The Morgan fingerprint density at radius 3 is 2.52 bits per heavy atom. The lowest BCUT2D eigenvalue weighted by Crippen LogP contribution is -2.40. The molecule has 0 bridgehead atoms. The number of carbonyl (C=O) groups excluding carboxylic acids is 2. The van der Waals surface area contributed by atoms with Crippen molar-refractivity contribution in [2.45, 2.75) is 12.5 Å². The van der Waals surface area contributed by atoms with Gasteiger partial charge in [0, 0.05) is 10.6 Å². The van der Waals surface area contributed by atoms with Crippen LogP contribution in [0.2, 0.25) is 10.0 Å². The van der Waals surface area contributed by atoms with E-state index in [0.29, 0.717) is 16.3 Å². The largest absolute Gasteiger partial charge is 0.506 e. The molecule has 1 fully saturated rings. The van der Waals surface area contributed by atoms with Crippen LogP contribution in [0.1, 0.15) is 18.1 Å². The van der Waals surface area contributed by atoms with Crippen molar-refractivity contribution in [2.24, 2.45) is 5.10 Å². The number of imide groups is 1. The summed E-state index contributed by atoms with van der Waals surface area (Å²) < 4.78 is 5.10. The van der Waals surface area contributed by atoms with Crippen LogP contribution in [0.5, 0.6) is 11.5 Å². The number of hydrazone groups is 1. The summed E-state index contributed by atoms with van der Waals surface area (Å²) in [5.41, 5.74) is -0.534. The number of urea groups is 1. The van der Waals surface area contributed by atoms with E-state index in [4.69, 9.17) is 27.9 Å². The van der Waals surface area contributed by atoms with Gasteiger partial charge in [-0.1, -0.05) is 35.3 Å². The Morgan fingerprint density at radius 1 is 1.22 bits per heavy atom. The first-order chi connectivity index (χ1) is 12.8. The van der Waals surface area contributed by atoms with Crippen LogP contribution in [-0.4, -0.2) is 35.4 Å². The fraction of sp³-hybridized carbons (Fsp3) is 0.167. The predicted octanol–water partition coefficient (Wildman–Crippen LogP) is 3.51. The monoisotopic (exact) mass is 407 g/mol. The minimum absolute atomic E-state index is 0.0317. The SMILES string of the molecule is COc1ccc([C@@]2(C)NC(=O)N(/N=C/c3cc(Cl)cc(Cl)c3O)C2=O)cc1. The zero-order chi connectivity index (χ0) is 19.8. The lowest BCUT2D eigenvalue weighted by Gasteiger charge is -2.21. The van der Waals surface area contributed by atoms with Gasteiger partial charge >= 0.3 is 6.03 Å². The van der Waals surface area contributed by atoms with Crippen LogP contribution in [-0.2, 0) is 10.3 Å². The van der Waals surface area contributed by atoms with E-state index in [1.54, 1.807) is 31.2 Å². The number of nitrogens with zero attached hydrogens (tertiary/aromatic N) is 2. The molecule has 0 aromatic heterocycles. The van der Waals surface area contributed by atoms with Gasteiger partial charge < -0.3 is 15.2 Å². The lowest BCUT2D eigenvalue weighted by atomic mass is 9.92. The molecule has 3 rings (SSSR count). The van der Waals surface area contributed by atoms with E-state index in [1.165, 1.54) is 19.2 Å². The summed E-state index contributed by atoms with van der Waals surface area (Å²) in [4.78, 5) is 25.1. The van der Waals surface area contributed by atoms with Gasteiger partial charge in [0.2, 0.25) is 0 Å². The van der Waals surface area contributed by atoms with Crippen LogP contribution in [0.3, 0.4) is 0 Å². The molecule has 0 saturated carbocycles. The highest BCUT2D eigenvalue weighted by molar-refractivity contribution is 6.36. The molecule has 0 radical (unpaired) electrons. The molecule has 2 N–H and O–H groups in total. The molecule has 140 valence electrons. The number of carbonyl (C=O) groups is 2. The highest BCUT2D eigenvalue weighted by Crippen LogP contribution is 2.32. The molecule has 7 nitrogen and oxygen atoms in total. The van der Waals surface area contributed by atoms with Crippen molar-refractivity contribution in [3.05, 3.63) is 57.6 Å². The number of methoxy groups -OCH3 is 1. The van der Waals surface area contributed by atoms with E-state index in [1.807, 2.05) is 0 Å². The van der Waals surface area contributed by atoms with Crippen molar-refractivity contribution >= 4 is 41.4 Å². The second kappa shape index (κ2) is 7.09. The number of aromatic hydroxyl groups is 1. The number of ether oxygens (including phenoxy) is 1. The smallest absolute Gasteiger partial charge is 0.346 e. The van der Waals surface area contributed by atoms with Gasteiger partial charge in [-0.3, -0.25) is 4.79 Å². The fourth-order valence-electron chi connectivity index (χ4n) is 2.65. The fourth-order valence-corrected chi connectivity index (χ4v) is 3.16. The van der Waals surface area contributed by atoms with Crippen LogP contribution in [0.25, 0.3) is 0 Å². The van der Waals surface area contributed by atoms with Gasteiger partial charge in [-0.2, -0.15) is 5.10 Å². The van der Waals surface area contributed by atoms with E-state index in [-0.39, 0.29) is 21.4 Å². The molecule has 1 saturated heterocycles. The summed E-state index contributed by atoms with van der Waals surface area (Å²) in [5, 5.41) is 17.5. The molecule has 1 atom stereocenters. The van der Waals surface area contributed by atoms with Crippen LogP contribution >= 0.6 is 23.2 Å². The molecule has 2 aromatic rings. The second-order valence-corrected chi connectivity index (χ2v) is 6.81. The van der Waals surface area contributed by atoms with E-state index >= 15 is 0 Å². The van der Waals surface area contributed by atoms with Crippen molar-refractivity contribution in [2.75, 3.05) is 7.11 Å². The number of amides is 3. The average molecular weight is 408 g/mol. The summed E-state index contributed by atoms with van der Waals surface area (Å²) in [6, 6.07) is 8.84. The third-order valence-electron chi connectivity index (χ3n) is 4.21. The number of hydrogen-bond acceptors (Lipinski definition) is 5. The van der Waals surface area contributed by atoms with Gasteiger partial charge in [-0.25, -0.2) is 4.79 Å². The Morgan fingerprint density at radius 2 is 1.89 bits per heavy atom. The van der Waals surface area contributed by atoms with Crippen LogP contribution in [0, 0.1) is 0 Å². The zero-order valence-corrected chi connectivity index (χ0v) is 15.9. The van der Waals surface area contributed by atoms with Crippen molar-refractivity contribution < 1.29 is 19.4 Å². The lowest BCUT2D eigenvalue weighted by molar-refractivity contribution is -0.131. The first-order valence-electron chi connectivity index (χ1n) is 7.79. The van der Waals surface area contributed by atoms with Crippen LogP contribution in [0.15, 0.2) is 41.5 Å². The summed E-state index contributed by atoms with van der Waals surface area (Å²) in [6.07, 6.45) is 1.14. The molecule has 1 aliphatic heterocycles. The Balaban J connectivity index is 1.90. The molecular formula is C18H15Cl2N3O4. The summed E-state index contributed by atoms with van der Waals surface area (Å²) in [7, 11) is 1.53. The Kier molecular flexibility index (Phi) is 4.99. The number of phenolic OH excluding ortho intramolecular Hbond substituents is 1. The van der Waals surface area contributed by atoms with Crippen molar-refractivity contribution in [3.8, 4) is 11.5 Å². The third kappa shape index (κ3) is 3.43. The van der Waals surface area contributed by atoms with E-state index < -0.39 is 17.5 Å². The standard InChI is InChI=1S/C18H15Cl2N3O4/c1-18(11-3-5-13(27-2)6-4-11)16(25)23(17(26)22-18)21-9-10-7-12(19)8-14(20)15(10)24/h3-9,24H,1-2H3,(H,22,26)/b21-9+/t18-/m1/s1. The summed E-state index contributed by atoms with van der Waals surface area (Å²) >= 11 is 11.8. The minimum atomic E-state index is -1.28. The number of phenols is 1. The van der Waals surface area contributed by atoms with E-state index in [2.05, 4.69) is 10.4 Å². The highest BCUT2D eigenvalue weighted by atomic mass is 35.5. The van der Waals surface area contributed by atoms with Gasteiger partial charge in [0.1, 0.15) is 17.0 Å². The number of hydrogen-bond donors (Lipinski definition) is 2. The Bertz CT molecular complexity index is 946. The summed E-state index contributed by atoms with van der Waals surface area (Å²) in [5.74, 6) is -0.196. The summed E-state index contributed by atoms with van der Waals surface area (Å²) in [6.45, 7) is 1.58. The maximum Gasteiger partial charge on any atom is 0.346 e. The predicted molar refractivity (Wildman–Crippen MR) is 101 cm³/mol. The van der Waals surface area contributed by atoms with Crippen LogP contribution < -0.4 is 10.1 Å². The molecule has 2 aromatic carbocycles. The number of benzene rings is 2. The average Bonchev–Trinajstić information content (AvgIpc) is 2.86. The highest BCUT2D eigenvalue weighted by Gasteiger charge is 2.49. The molecule has 9 heteroatoms. The van der Waals surface area contributed by atoms with Gasteiger partial charge in [0.25, 0.3) is 5.91 Å². The quantitative estimate of drug-likeness (QED) is 0.599. The van der Waals surface area contributed by atoms with Crippen molar-refractivity contribution in [1.82, 2.24) is 10.3 Å². The second-order valence-electron chi connectivity index (χ2n) is 5.97.